The lowest BCUT2D eigenvalue weighted by molar-refractivity contribution is -0.121. The average molecular weight is 270 g/mol. The first-order valence-electron chi connectivity index (χ1n) is 6.01. The van der Waals surface area contributed by atoms with Crippen LogP contribution in [-0.4, -0.2) is 52.2 Å². The van der Waals surface area contributed by atoms with Gasteiger partial charge >= 0.3 is 5.97 Å². The number of carbonyl (C=O) groups is 2. The van der Waals surface area contributed by atoms with Crippen molar-refractivity contribution >= 4 is 11.9 Å². The van der Waals surface area contributed by atoms with E-state index in [9.17, 15) is 9.59 Å². The fourth-order valence-corrected chi connectivity index (χ4v) is 1.61. The highest BCUT2D eigenvalue weighted by Crippen LogP contribution is 2.06. The van der Waals surface area contributed by atoms with Crippen molar-refractivity contribution < 1.29 is 19.4 Å². The fourth-order valence-electron chi connectivity index (χ4n) is 1.61. The van der Waals surface area contributed by atoms with Gasteiger partial charge in [0.25, 0.3) is 0 Å². The molecule has 8 nitrogen and oxygen atoms in total. The molecule has 0 bridgehead atoms. The van der Waals surface area contributed by atoms with Crippen LogP contribution in [0.1, 0.15) is 29.5 Å². The van der Waals surface area contributed by atoms with Crippen molar-refractivity contribution in [2.75, 3.05) is 20.3 Å². The number of ether oxygens (including phenoxy) is 1. The van der Waals surface area contributed by atoms with Crippen LogP contribution in [0.4, 0.5) is 0 Å². The molecule has 0 saturated carbocycles. The van der Waals surface area contributed by atoms with Crippen LogP contribution in [-0.2, 0) is 22.5 Å². The predicted molar refractivity (Wildman–Crippen MR) is 65.9 cm³/mol. The summed E-state index contributed by atoms with van der Waals surface area (Å²) in [5.41, 5.74) is 0.342. The second-order valence-electron chi connectivity index (χ2n) is 3.90. The van der Waals surface area contributed by atoms with Crippen molar-refractivity contribution in [2.24, 2.45) is 0 Å². The van der Waals surface area contributed by atoms with Crippen molar-refractivity contribution in [3.63, 3.8) is 0 Å². The molecule has 0 radical (unpaired) electrons. The average Bonchev–Trinajstić information content (AvgIpc) is 2.77. The van der Waals surface area contributed by atoms with Crippen molar-refractivity contribution in [1.82, 2.24) is 20.3 Å². The van der Waals surface area contributed by atoms with E-state index in [0.717, 1.165) is 6.42 Å². The summed E-state index contributed by atoms with van der Waals surface area (Å²) >= 11 is 0. The zero-order chi connectivity index (χ0) is 14.3. The minimum Gasteiger partial charge on any atom is -0.476 e. The van der Waals surface area contributed by atoms with Gasteiger partial charge < -0.3 is 15.2 Å². The summed E-state index contributed by atoms with van der Waals surface area (Å²) in [4.78, 5) is 22.5. The van der Waals surface area contributed by atoms with Crippen LogP contribution in [0.25, 0.3) is 0 Å². The number of hydrogen-bond acceptors (Lipinski definition) is 5. The second-order valence-corrected chi connectivity index (χ2v) is 3.90. The first-order valence-corrected chi connectivity index (χ1v) is 6.01. The third-order valence-electron chi connectivity index (χ3n) is 2.52. The van der Waals surface area contributed by atoms with Gasteiger partial charge in [-0.3, -0.25) is 4.79 Å². The Labute approximate surface area is 110 Å². The molecule has 1 aromatic heterocycles. The van der Waals surface area contributed by atoms with Gasteiger partial charge in [-0.05, 0) is 12.8 Å². The molecule has 19 heavy (non-hydrogen) atoms. The molecule has 0 aliphatic carbocycles. The molecule has 1 heterocycles. The van der Waals surface area contributed by atoms with Gasteiger partial charge in [0.1, 0.15) is 6.54 Å². The van der Waals surface area contributed by atoms with E-state index in [4.69, 9.17) is 9.84 Å². The van der Waals surface area contributed by atoms with Gasteiger partial charge in [-0.25, -0.2) is 9.48 Å². The zero-order valence-corrected chi connectivity index (χ0v) is 11.0. The summed E-state index contributed by atoms with van der Waals surface area (Å²) in [6.07, 6.45) is 1.17. The summed E-state index contributed by atoms with van der Waals surface area (Å²) < 4.78 is 6.18. The number of hydrogen-bond donors (Lipinski definition) is 2. The van der Waals surface area contributed by atoms with Crippen molar-refractivity contribution in [3.05, 3.63) is 11.4 Å². The number of amides is 1. The molecule has 2 N–H and O–H groups in total. The predicted octanol–water partition coefficient (Wildman–Crippen LogP) is -0.309. The number of carbonyl (C=O) groups excluding carboxylic acids is 1. The minimum absolute atomic E-state index is 0.0313. The summed E-state index contributed by atoms with van der Waals surface area (Å²) in [7, 11) is 1.60. The van der Waals surface area contributed by atoms with E-state index in [1.807, 2.05) is 0 Å². The highest BCUT2D eigenvalue weighted by atomic mass is 16.5. The highest BCUT2D eigenvalue weighted by molar-refractivity contribution is 5.86. The van der Waals surface area contributed by atoms with Crippen LogP contribution in [0.15, 0.2) is 0 Å². The number of rotatable bonds is 8. The molecule has 0 aromatic carbocycles. The van der Waals surface area contributed by atoms with Gasteiger partial charge in [-0.15, -0.1) is 5.10 Å². The Hall–Kier alpha value is -1.96. The maximum atomic E-state index is 11.6. The molecule has 1 amide bonds. The molecule has 0 atom stereocenters. The van der Waals surface area contributed by atoms with Crippen LogP contribution >= 0.6 is 0 Å². The third kappa shape index (κ3) is 4.32. The Kier molecular flexibility index (Phi) is 5.94. The second kappa shape index (κ2) is 7.47. The van der Waals surface area contributed by atoms with Gasteiger partial charge in [0.15, 0.2) is 5.69 Å². The standard InChI is InChI=1S/C11H18N4O4/c1-3-8-10(11(17)18)13-14-15(8)7-9(16)12-5-4-6-19-2/h3-7H2,1-2H3,(H,12,16)(H,17,18). The zero-order valence-electron chi connectivity index (χ0n) is 11.0. The molecular formula is C11H18N4O4. The number of nitrogens with zero attached hydrogens (tertiary/aromatic N) is 3. The molecule has 0 aliphatic rings. The molecule has 8 heteroatoms. The monoisotopic (exact) mass is 270 g/mol. The van der Waals surface area contributed by atoms with E-state index < -0.39 is 5.97 Å². The van der Waals surface area contributed by atoms with E-state index >= 15 is 0 Å². The lowest BCUT2D eigenvalue weighted by Gasteiger charge is -2.06. The SMILES string of the molecule is CCc1c(C(=O)O)nnn1CC(=O)NCCCOC. The van der Waals surface area contributed by atoms with E-state index in [0.29, 0.717) is 25.3 Å². The first-order chi connectivity index (χ1) is 9.10. The van der Waals surface area contributed by atoms with Gasteiger partial charge in [-0.1, -0.05) is 12.1 Å². The van der Waals surface area contributed by atoms with Crippen LogP contribution < -0.4 is 5.32 Å². The van der Waals surface area contributed by atoms with Gasteiger partial charge in [0.05, 0.1) is 5.69 Å². The molecule has 1 rings (SSSR count). The van der Waals surface area contributed by atoms with Crippen molar-refractivity contribution in [2.45, 2.75) is 26.3 Å². The Balaban J connectivity index is 2.57. The molecule has 0 aliphatic heterocycles. The summed E-state index contributed by atoms with van der Waals surface area (Å²) in [6, 6.07) is 0. The molecular weight excluding hydrogens is 252 g/mol. The Bertz CT molecular complexity index is 444. The lowest BCUT2D eigenvalue weighted by atomic mass is 10.2. The number of carboxylic acid groups (broad SMARTS) is 1. The van der Waals surface area contributed by atoms with E-state index in [-0.39, 0.29) is 18.1 Å². The van der Waals surface area contributed by atoms with Crippen molar-refractivity contribution in [3.8, 4) is 0 Å². The maximum Gasteiger partial charge on any atom is 0.358 e. The number of carboxylic acids is 1. The Morgan fingerprint density at radius 2 is 2.21 bits per heavy atom. The number of aromatic nitrogens is 3. The van der Waals surface area contributed by atoms with Gasteiger partial charge in [0, 0.05) is 20.3 Å². The molecule has 1 aromatic rings. The Morgan fingerprint density at radius 1 is 1.47 bits per heavy atom. The van der Waals surface area contributed by atoms with E-state index in [2.05, 4.69) is 15.6 Å². The fraction of sp³-hybridized carbons (Fsp3) is 0.636. The highest BCUT2D eigenvalue weighted by Gasteiger charge is 2.18. The Morgan fingerprint density at radius 3 is 2.79 bits per heavy atom. The van der Waals surface area contributed by atoms with Gasteiger partial charge in [-0.2, -0.15) is 0 Å². The number of aromatic carboxylic acids is 1. The number of methoxy groups -OCH3 is 1. The van der Waals surface area contributed by atoms with Crippen LogP contribution in [0, 0.1) is 0 Å². The number of nitrogens with one attached hydrogen (secondary N) is 1. The van der Waals surface area contributed by atoms with E-state index in [1.54, 1.807) is 14.0 Å². The minimum atomic E-state index is -1.14. The van der Waals surface area contributed by atoms with Crippen LogP contribution in [0.3, 0.4) is 0 Å². The lowest BCUT2D eigenvalue weighted by Crippen LogP contribution is -2.30. The third-order valence-corrected chi connectivity index (χ3v) is 2.52. The van der Waals surface area contributed by atoms with Crippen LogP contribution in [0.5, 0.6) is 0 Å². The molecule has 0 unspecified atom stereocenters. The summed E-state index contributed by atoms with van der Waals surface area (Å²) in [5.74, 6) is -1.36. The van der Waals surface area contributed by atoms with E-state index in [1.165, 1.54) is 4.68 Å². The smallest absolute Gasteiger partial charge is 0.358 e. The first kappa shape index (κ1) is 15.1. The quantitative estimate of drug-likeness (QED) is 0.628. The maximum absolute atomic E-state index is 11.6. The molecule has 106 valence electrons. The van der Waals surface area contributed by atoms with Crippen LogP contribution in [0.2, 0.25) is 0 Å². The molecule has 0 spiro atoms. The largest absolute Gasteiger partial charge is 0.476 e. The molecule has 0 saturated heterocycles. The normalized spacial score (nSPS) is 10.4. The van der Waals surface area contributed by atoms with Gasteiger partial charge in [0.2, 0.25) is 5.91 Å². The van der Waals surface area contributed by atoms with Crippen molar-refractivity contribution in [1.29, 1.82) is 0 Å². The summed E-state index contributed by atoms with van der Waals surface area (Å²) in [5, 5.41) is 18.9. The summed E-state index contributed by atoms with van der Waals surface area (Å²) in [6.45, 7) is 2.84. The molecule has 0 fully saturated rings. The topological polar surface area (TPSA) is 106 Å².